The van der Waals surface area contributed by atoms with E-state index >= 15 is 0 Å². The summed E-state index contributed by atoms with van der Waals surface area (Å²) >= 11 is 1.04. The van der Waals surface area contributed by atoms with Gasteiger partial charge in [0.1, 0.15) is 11.4 Å². The Balaban J connectivity index is 1.46. The summed E-state index contributed by atoms with van der Waals surface area (Å²) in [7, 11) is 0. The maximum atomic E-state index is 12.3. The predicted octanol–water partition coefficient (Wildman–Crippen LogP) is 5.16. The molecule has 0 aromatic rings. The first-order valence-corrected chi connectivity index (χ1v) is 13.2. The highest BCUT2D eigenvalue weighted by molar-refractivity contribution is 8.14. The van der Waals surface area contributed by atoms with Crippen molar-refractivity contribution in [3.05, 3.63) is 0 Å². The molecule has 1 unspecified atom stereocenters. The highest BCUT2D eigenvalue weighted by Gasteiger charge is 2.61. The first-order chi connectivity index (χ1) is 14.5. The van der Waals surface area contributed by atoms with Crippen LogP contribution in [0.4, 0.5) is 0 Å². The van der Waals surface area contributed by atoms with Crippen LogP contribution in [0.5, 0.6) is 0 Å². The monoisotopic (exact) mass is 448 g/mol. The van der Waals surface area contributed by atoms with Gasteiger partial charge >= 0.3 is 5.97 Å². The molecule has 0 amide bonds. The molecule has 4 aliphatic carbocycles. The van der Waals surface area contributed by atoms with E-state index in [0.29, 0.717) is 23.0 Å². The summed E-state index contributed by atoms with van der Waals surface area (Å²) in [6.45, 7) is 8.83. The third-order valence-electron chi connectivity index (χ3n) is 10.1. The van der Waals surface area contributed by atoms with Crippen molar-refractivity contribution in [2.24, 2.45) is 46.2 Å². The second kappa shape index (κ2) is 8.07. The van der Waals surface area contributed by atoms with E-state index in [4.69, 9.17) is 15.9 Å². The van der Waals surface area contributed by atoms with Crippen molar-refractivity contribution in [3.8, 4) is 0 Å². The smallest absolute Gasteiger partial charge is 0.316 e. The predicted molar refractivity (Wildman–Crippen MR) is 125 cm³/mol. The molecule has 4 aliphatic rings. The van der Waals surface area contributed by atoms with Gasteiger partial charge in [-0.25, -0.2) is 0 Å². The number of amidine groups is 1. The number of ether oxygens (including phenoxy) is 1. The van der Waals surface area contributed by atoms with Crippen molar-refractivity contribution in [1.29, 1.82) is 5.41 Å². The fourth-order valence-electron chi connectivity index (χ4n) is 8.62. The van der Waals surface area contributed by atoms with E-state index in [0.717, 1.165) is 49.3 Å². The molecule has 0 radical (unpaired) electrons. The fourth-order valence-corrected chi connectivity index (χ4v) is 8.95. The van der Waals surface area contributed by atoms with Gasteiger partial charge in [0.2, 0.25) is 0 Å². The van der Waals surface area contributed by atoms with Crippen LogP contribution >= 0.6 is 11.8 Å². The van der Waals surface area contributed by atoms with Gasteiger partial charge in [-0.2, -0.15) is 0 Å². The Hall–Kier alpha value is -1.04. The molecule has 31 heavy (non-hydrogen) atoms. The van der Waals surface area contributed by atoms with Gasteiger partial charge in [0.25, 0.3) is 0 Å². The molecule has 0 bridgehead atoms. The van der Waals surface area contributed by atoms with E-state index in [1.165, 1.54) is 32.1 Å². The number of Topliss-reactive ketones (excluding diaryl/α,β-unsaturated/α-hetero) is 1. The normalized spacial score (nSPS) is 46.4. The van der Waals surface area contributed by atoms with Crippen LogP contribution in [-0.2, 0) is 14.3 Å². The van der Waals surface area contributed by atoms with Crippen molar-refractivity contribution >= 4 is 28.7 Å². The molecule has 0 saturated heterocycles. The third kappa shape index (κ3) is 3.95. The van der Waals surface area contributed by atoms with Crippen LogP contribution in [0.2, 0.25) is 0 Å². The molecule has 4 rings (SSSR count). The van der Waals surface area contributed by atoms with Gasteiger partial charge in [-0.3, -0.25) is 15.0 Å². The van der Waals surface area contributed by atoms with Crippen molar-refractivity contribution in [3.63, 3.8) is 0 Å². The van der Waals surface area contributed by atoms with Crippen LogP contribution in [0.3, 0.4) is 0 Å². The highest BCUT2D eigenvalue weighted by Crippen LogP contribution is 2.68. The number of esters is 1. The number of thioether (sulfide) groups is 1. The van der Waals surface area contributed by atoms with E-state index < -0.39 is 5.60 Å². The molecule has 0 heterocycles. The van der Waals surface area contributed by atoms with Gasteiger partial charge in [0.05, 0.1) is 5.75 Å². The summed E-state index contributed by atoms with van der Waals surface area (Å²) < 4.78 is 5.94. The van der Waals surface area contributed by atoms with Gasteiger partial charge in [0, 0.05) is 5.92 Å². The maximum absolute atomic E-state index is 12.3. The molecule has 0 aromatic heterocycles. The summed E-state index contributed by atoms with van der Waals surface area (Å²) in [5, 5.41) is 7.26. The minimum Gasteiger partial charge on any atom is -0.459 e. The summed E-state index contributed by atoms with van der Waals surface area (Å²) in [6, 6.07) is 0. The molecule has 3 N–H and O–H groups in total. The van der Waals surface area contributed by atoms with Gasteiger partial charge in [0.15, 0.2) is 5.17 Å². The zero-order chi connectivity index (χ0) is 22.6. The SMILES string of the molecule is CC(=O)[C@H]1CCC2[C@@H]3CC[C@H]4C[C@](C)(OC(=O)CSC(=N)N)CC[C@]4(C)[C@H]3CC[C@@]21C. The molecular formula is C25H40N2O3S. The topological polar surface area (TPSA) is 93.2 Å². The Morgan fingerprint density at radius 3 is 2.39 bits per heavy atom. The standard InChI is InChI=1S/C25H40N2O3S/c1-15(28)18-7-8-19-17-6-5-16-13-23(2,30-21(29)14-31-22(26)27)11-12-24(16,3)20(17)9-10-25(18,19)4/h16-20H,5-14H2,1-4H3,(H3,26,27)/t16-,17-,18+,19?,20-,23+,24-,25+/m0/s1. The summed E-state index contributed by atoms with van der Waals surface area (Å²) in [5.41, 5.74) is 5.49. The van der Waals surface area contributed by atoms with Gasteiger partial charge < -0.3 is 10.5 Å². The quantitative estimate of drug-likeness (QED) is 0.352. The molecule has 6 heteroatoms. The summed E-state index contributed by atoms with van der Waals surface area (Å²) in [6.07, 6.45) is 10.2. The molecule has 0 spiro atoms. The average Bonchev–Trinajstić information content (AvgIpc) is 3.04. The highest BCUT2D eigenvalue weighted by atomic mass is 32.2. The molecule has 0 aliphatic heterocycles. The first-order valence-electron chi connectivity index (χ1n) is 12.2. The second-order valence-corrected chi connectivity index (χ2v) is 12.7. The van der Waals surface area contributed by atoms with E-state index in [-0.39, 0.29) is 28.2 Å². The van der Waals surface area contributed by atoms with Crippen molar-refractivity contribution in [2.45, 2.75) is 91.1 Å². The first kappa shape index (κ1) is 23.1. The van der Waals surface area contributed by atoms with Crippen molar-refractivity contribution in [1.82, 2.24) is 0 Å². The Morgan fingerprint density at radius 1 is 1.00 bits per heavy atom. The number of carbonyl (C=O) groups excluding carboxylic acids is 2. The van der Waals surface area contributed by atoms with Gasteiger partial charge in [-0.1, -0.05) is 25.6 Å². The zero-order valence-electron chi connectivity index (χ0n) is 19.7. The number of hydrogen-bond acceptors (Lipinski definition) is 5. The molecular weight excluding hydrogens is 408 g/mol. The fraction of sp³-hybridized carbons (Fsp3) is 0.880. The van der Waals surface area contributed by atoms with Crippen LogP contribution in [0.25, 0.3) is 0 Å². The number of fused-ring (bicyclic) bond motifs is 5. The molecule has 8 atom stereocenters. The van der Waals surface area contributed by atoms with Crippen molar-refractivity contribution in [2.75, 3.05) is 5.75 Å². The van der Waals surface area contributed by atoms with Crippen molar-refractivity contribution < 1.29 is 14.3 Å². The van der Waals surface area contributed by atoms with E-state index in [2.05, 4.69) is 20.8 Å². The number of hydrogen-bond donors (Lipinski definition) is 2. The number of nitrogens with one attached hydrogen (secondary N) is 1. The lowest BCUT2D eigenvalue weighted by Crippen LogP contribution is -2.56. The van der Waals surface area contributed by atoms with Crippen LogP contribution in [0.15, 0.2) is 0 Å². The number of rotatable bonds is 4. The van der Waals surface area contributed by atoms with Crippen LogP contribution in [-0.4, -0.2) is 28.3 Å². The second-order valence-electron chi connectivity index (χ2n) is 11.7. The van der Waals surface area contributed by atoms with E-state index in [9.17, 15) is 9.59 Å². The van der Waals surface area contributed by atoms with E-state index in [1.54, 1.807) is 6.92 Å². The largest absolute Gasteiger partial charge is 0.459 e. The Morgan fingerprint density at radius 2 is 1.71 bits per heavy atom. The summed E-state index contributed by atoms with van der Waals surface area (Å²) in [4.78, 5) is 24.7. The average molecular weight is 449 g/mol. The van der Waals surface area contributed by atoms with Gasteiger partial charge in [-0.15, -0.1) is 0 Å². The van der Waals surface area contributed by atoms with Crippen LogP contribution in [0.1, 0.15) is 85.5 Å². The minimum atomic E-state index is -0.401. The van der Waals surface area contributed by atoms with Crippen LogP contribution < -0.4 is 5.73 Å². The zero-order valence-corrected chi connectivity index (χ0v) is 20.5. The molecule has 4 fully saturated rings. The molecule has 4 saturated carbocycles. The Labute approximate surface area is 191 Å². The molecule has 0 aromatic carbocycles. The number of ketones is 1. The number of nitrogens with two attached hydrogens (primary N) is 1. The lowest BCUT2D eigenvalue weighted by atomic mass is 9.44. The molecule has 174 valence electrons. The van der Waals surface area contributed by atoms with Gasteiger partial charge in [-0.05, 0) is 106 Å². The number of carbonyl (C=O) groups is 2. The minimum absolute atomic E-state index is 0.0418. The van der Waals surface area contributed by atoms with E-state index in [1.807, 2.05) is 0 Å². The summed E-state index contributed by atoms with van der Waals surface area (Å²) in [5.74, 6) is 3.33. The Bertz CT molecular complexity index is 772. The molecule has 5 nitrogen and oxygen atoms in total. The maximum Gasteiger partial charge on any atom is 0.316 e. The van der Waals surface area contributed by atoms with Crippen LogP contribution in [0, 0.1) is 45.8 Å². The lowest BCUT2D eigenvalue weighted by molar-refractivity contribution is -0.178. The lowest BCUT2D eigenvalue weighted by Gasteiger charge is -2.62. The third-order valence-corrected chi connectivity index (χ3v) is 10.8. The Kier molecular flexibility index (Phi) is 6.02.